The fourth-order valence-electron chi connectivity index (χ4n) is 1.85. The SMILES string of the molecule is COCC1(C)CCN(C(C)=O)CC1. The molecule has 0 aromatic carbocycles. The van der Waals surface area contributed by atoms with Crippen molar-refractivity contribution in [2.45, 2.75) is 26.7 Å². The third kappa shape index (κ3) is 2.69. The number of carbonyl (C=O) groups excluding carboxylic acids is 1. The lowest BCUT2D eigenvalue weighted by molar-refractivity contribution is -0.131. The average molecular weight is 185 g/mol. The molecule has 1 heterocycles. The Hall–Kier alpha value is -0.570. The number of rotatable bonds is 2. The molecule has 0 radical (unpaired) electrons. The number of carbonyl (C=O) groups is 1. The van der Waals surface area contributed by atoms with Gasteiger partial charge in [-0.05, 0) is 18.3 Å². The molecule has 0 unspecified atom stereocenters. The molecule has 0 saturated carbocycles. The minimum absolute atomic E-state index is 0.194. The van der Waals surface area contributed by atoms with Gasteiger partial charge in [-0.3, -0.25) is 4.79 Å². The number of nitrogens with zero attached hydrogens (tertiary/aromatic N) is 1. The first-order chi connectivity index (χ1) is 6.07. The standard InChI is InChI=1S/C10H19NO2/c1-9(12)11-6-4-10(2,5-7-11)8-13-3/h4-8H2,1-3H3. The van der Waals surface area contributed by atoms with Crippen molar-refractivity contribution >= 4 is 5.91 Å². The maximum atomic E-state index is 11.1. The van der Waals surface area contributed by atoms with Gasteiger partial charge in [-0.1, -0.05) is 6.92 Å². The van der Waals surface area contributed by atoms with Gasteiger partial charge in [0.15, 0.2) is 0 Å². The predicted molar refractivity (Wildman–Crippen MR) is 51.5 cm³/mol. The molecule has 1 fully saturated rings. The second-order valence-corrected chi connectivity index (χ2v) is 4.25. The second-order valence-electron chi connectivity index (χ2n) is 4.25. The zero-order valence-electron chi connectivity index (χ0n) is 8.80. The van der Waals surface area contributed by atoms with Crippen molar-refractivity contribution in [2.24, 2.45) is 5.41 Å². The van der Waals surface area contributed by atoms with Crippen LogP contribution in [0.3, 0.4) is 0 Å². The lowest BCUT2D eigenvalue weighted by Gasteiger charge is -2.38. The molecule has 0 aliphatic carbocycles. The number of likely N-dealkylation sites (tertiary alicyclic amines) is 1. The zero-order valence-corrected chi connectivity index (χ0v) is 8.80. The Morgan fingerprint density at radius 3 is 2.38 bits per heavy atom. The molecule has 0 aromatic rings. The average Bonchev–Trinajstić information content (AvgIpc) is 2.05. The molecule has 0 aromatic heterocycles. The Bertz CT molecular complexity index is 183. The first-order valence-corrected chi connectivity index (χ1v) is 4.82. The summed E-state index contributed by atoms with van der Waals surface area (Å²) >= 11 is 0. The van der Waals surface area contributed by atoms with Crippen LogP contribution in [0.25, 0.3) is 0 Å². The molecule has 1 amide bonds. The molecule has 0 bridgehead atoms. The summed E-state index contributed by atoms with van der Waals surface area (Å²) in [4.78, 5) is 13.0. The summed E-state index contributed by atoms with van der Waals surface area (Å²) in [5.74, 6) is 0.194. The molecule has 3 heteroatoms. The van der Waals surface area contributed by atoms with Crippen LogP contribution in [0.4, 0.5) is 0 Å². The van der Waals surface area contributed by atoms with E-state index in [0.717, 1.165) is 32.5 Å². The summed E-state index contributed by atoms with van der Waals surface area (Å²) in [7, 11) is 1.74. The van der Waals surface area contributed by atoms with Crippen molar-refractivity contribution in [2.75, 3.05) is 26.8 Å². The van der Waals surface area contributed by atoms with Crippen molar-refractivity contribution in [3.8, 4) is 0 Å². The van der Waals surface area contributed by atoms with Gasteiger partial charge in [0.2, 0.25) is 5.91 Å². The van der Waals surface area contributed by atoms with Gasteiger partial charge in [0.1, 0.15) is 0 Å². The lowest BCUT2D eigenvalue weighted by atomic mass is 9.81. The minimum Gasteiger partial charge on any atom is -0.384 e. The fraction of sp³-hybridized carbons (Fsp3) is 0.900. The predicted octanol–water partition coefficient (Wildman–Crippen LogP) is 1.28. The molecule has 76 valence electrons. The van der Waals surface area contributed by atoms with Gasteiger partial charge in [-0.15, -0.1) is 0 Å². The van der Waals surface area contributed by atoms with Crippen LogP contribution in [0.1, 0.15) is 26.7 Å². The van der Waals surface area contributed by atoms with Crippen LogP contribution in [-0.4, -0.2) is 37.6 Å². The molecule has 1 rings (SSSR count). The summed E-state index contributed by atoms with van der Waals surface area (Å²) < 4.78 is 5.18. The van der Waals surface area contributed by atoms with E-state index in [-0.39, 0.29) is 11.3 Å². The normalized spacial score (nSPS) is 21.6. The quantitative estimate of drug-likeness (QED) is 0.648. The van der Waals surface area contributed by atoms with Crippen molar-refractivity contribution in [1.82, 2.24) is 4.90 Å². The van der Waals surface area contributed by atoms with Crippen molar-refractivity contribution < 1.29 is 9.53 Å². The number of methoxy groups -OCH3 is 1. The maximum Gasteiger partial charge on any atom is 0.219 e. The Morgan fingerprint density at radius 1 is 1.46 bits per heavy atom. The van der Waals surface area contributed by atoms with Gasteiger partial charge in [0, 0.05) is 27.1 Å². The highest BCUT2D eigenvalue weighted by molar-refractivity contribution is 5.73. The first-order valence-electron chi connectivity index (χ1n) is 4.82. The van der Waals surface area contributed by atoms with Crippen LogP contribution < -0.4 is 0 Å². The van der Waals surface area contributed by atoms with Crippen LogP contribution >= 0.6 is 0 Å². The number of hydrogen-bond acceptors (Lipinski definition) is 2. The van der Waals surface area contributed by atoms with Gasteiger partial charge in [-0.2, -0.15) is 0 Å². The summed E-state index contributed by atoms with van der Waals surface area (Å²) in [5, 5.41) is 0. The van der Waals surface area contributed by atoms with E-state index in [0.29, 0.717) is 0 Å². The zero-order chi connectivity index (χ0) is 9.90. The maximum absolute atomic E-state index is 11.1. The number of hydrogen-bond donors (Lipinski definition) is 0. The van der Waals surface area contributed by atoms with E-state index in [4.69, 9.17) is 4.74 Å². The second kappa shape index (κ2) is 4.09. The van der Waals surface area contributed by atoms with Crippen LogP contribution in [0.15, 0.2) is 0 Å². The third-order valence-corrected chi connectivity index (χ3v) is 2.91. The Labute approximate surface area is 80.1 Å². The first kappa shape index (κ1) is 10.5. The van der Waals surface area contributed by atoms with Crippen LogP contribution in [0, 0.1) is 5.41 Å². The topological polar surface area (TPSA) is 29.5 Å². The minimum atomic E-state index is 0.194. The highest BCUT2D eigenvalue weighted by Gasteiger charge is 2.30. The van der Waals surface area contributed by atoms with Crippen molar-refractivity contribution in [3.05, 3.63) is 0 Å². The van der Waals surface area contributed by atoms with Crippen LogP contribution in [0.5, 0.6) is 0 Å². The molecular weight excluding hydrogens is 166 g/mol. The Balaban J connectivity index is 2.41. The summed E-state index contributed by atoms with van der Waals surface area (Å²) in [6.07, 6.45) is 2.11. The molecule has 13 heavy (non-hydrogen) atoms. The monoisotopic (exact) mass is 185 g/mol. The van der Waals surface area contributed by atoms with Gasteiger partial charge < -0.3 is 9.64 Å². The molecule has 3 nitrogen and oxygen atoms in total. The van der Waals surface area contributed by atoms with Gasteiger partial charge in [-0.25, -0.2) is 0 Å². The molecular formula is C10H19NO2. The molecule has 0 atom stereocenters. The smallest absolute Gasteiger partial charge is 0.219 e. The lowest BCUT2D eigenvalue weighted by Crippen LogP contribution is -2.42. The summed E-state index contributed by atoms with van der Waals surface area (Å²) in [6.45, 7) is 6.44. The third-order valence-electron chi connectivity index (χ3n) is 2.91. The number of ether oxygens (including phenoxy) is 1. The van der Waals surface area contributed by atoms with E-state index in [1.807, 2.05) is 4.90 Å². The highest BCUT2D eigenvalue weighted by Crippen LogP contribution is 2.30. The van der Waals surface area contributed by atoms with Crippen LogP contribution in [0.2, 0.25) is 0 Å². The van der Waals surface area contributed by atoms with E-state index < -0.39 is 0 Å². The summed E-state index contributed by atoms with van der Waals surface area (Å²) in [6, 6.07) is 0. The molecule has 1 saturated heterocycles. The van der Waals surface area contributed by atoms with Gasteiger partial charge in [0.05, 0.1) is 6.61 Å². The van der Waals surface area contributed by atoms with Crippen molar-refractivity contribution in [1.29, 1.82) is 0 Å². The van der Waals surface area contributed by atoms with Crippen LogP contribution in [-0.2, 0) is 9.53 Å². The molecule has 1 aliphatic rings. The van der Waals surface area contributed by atoms with E-state index in [9.17, 15) is 4.79 Å². The van der Waals surface area contributed by atoms with E-state index >= 15 is 0 Å². The highest BCUT2D eigenvalue weighted by atomic mass is 16.5. The fourth-order valence-corrected chi connectivity index (χ4v) is 1.85. The number of piperidine rings is 1. The molecule has 1 aliphatic heterocycles. The Kier molecular flexibility index (Phi) is 3.31. The van der Waals surface area contributed by atoms with E-state index in [1.165, 1.54) is 0 Å². The molecule has 0 N–H and O–H groups in total. The van der Waals surface area contributed by atoms with E-state index in [1.54, 1.807) is 14.0 Å². The summed E-state index contributed by atoms with van der Waals surface area (Å²) in [5.41, 5.74) is 0.278. The van der Waals surface area contributed by atoms with E-state index in [2.05, 4.69) is 6.92 Å². The number of amides is 1. The van der Waals surface area contributed by atoms with Gasteiger partial charge >= 0.3 is 0 Å². The van der Waals surface area contributed by atoms with Crippen molar-refractivity contribution in [3.63, 3.8) is 0 Å². The Morgan fingerprint density at radius 2 is 2.00 bits per heavy atom. The largest absolute Gasteiger partial charge is 0.384 e. The van der Waals surface area contributed by atoms with Gasteiger partial charge in [0.25, 0.3) is 0 Å². The molecule has 0 spiro atoms.